The van der Waals surface area contributed by atoms with Gasteiger partial charge in [-0.2, -0.15) is 0 Å². The Labute approximate surface area is 115 Å². The number of carboxylic acids is 1. The van der Waals surface area contributed by atoms with Crippen molar-refractivity contribution < 1.29 is 14.7 Å². The van der Waals surface area contributed by atoms with Gasteiger partial charge in [0, 0.05) is 6.54 Å². The molecule has 0 bridgehead atoms. The first-order valence-corrected chi connectivity index (χ1v) is 5.89. The summed E-state index contributed by atoms with van der Waals surface area (Å²) in [6.07, 6.45) is 0. The van der Waals surface area contributed by atoms with Gasteiger partial charge < -0.3 is 16.2 Å². The lowest BCUT2D eigenvalue weighted by atomic mass is 10.1. The van der Waals surface area contributed by atoms with Crippen LogP contribution >= 0.6 is 0 Å². The SMILES string of the molecule is NC(=O)c1cccc(NCc2cccc(C(=O)O)c2)n1. The van der Waals surface area contributed by atoms with E-state index in [4.69, 9.17) is 10.8 Å². The van der Waals surface area contributed by atoms with E-state index in [-0.39, 0.29) is 11.3 Å². The van der Waals surface area contributed by atoms with Crippen molar-refractivity contribution in [3.8, 4) is 0 Å². The van der Waals surface area contributed by atoms with E-state index >= 15 is 0 Å². The van der Waals surface area contributed by atoms with Crippen LogP contribution in [0.3, 0.4) is 0 Å². The molecule has 1 amide bonds. The number of aromatic nitrogens is 1. The van der Waals surface area contributed by atoms with E-state index in [0.29, 0.717) is 12.4 Å². The Kier molecular flexibility index (Phi) is 3.95. The topological polar surface area (TPSA) is 105 Å². The predicted molar refractivity (Wildman–Crippen MR) is 73.5 cm³/mol. The van der Waals surface area contributed by atoms with Gasteiger partial charge in [0.25, 0.3) is 5.91 Å². The summed E-state index contributed by atoms with van der Waals surface area (Å²) in [6, 6.07) is 11.5. The molecule has 1 aromatic heterocycles. The monoisotopic (exact) mass is 271 g/mol. The zero-order valence-corrected chi connectivity index (χ0v) is 10.5. The summed E-state index contributed by atoms with van der Waals surface area (Å²) in [6.45, 7) is 0.399. The molecule has 1 heterocycles. The fourth-order valence-electron chi connectivity index (χ4n) is 1.68. The number of primary amides is 1. The fraction of sp³-hybridized carbons (Fsp3) is 0.0714. The number of hydrogen-bond donors (Lipinski definition) is 3. The highest BCUT2D eigenvalue weighted by Gasteiger charge is 2.05. The van der Waals surface area contributed by atoms with E-state index in [1.54, 1.807) is 30.3 Å². The Hall–Kier alpha value is -2.89. The molecule has 0 radical (unpaired) electrons. The number of carboxylic acid groups (broad SMARTS) is 1. The third-order valence-corrected chi connectivity index (χ3v) is 2.65. The van der Waals surface area contributed by atoms with Crippen molar-refractivity contribution in [2.45, 2.75) is 6.54 Å². The quantitative estimate of drug-likeness (QED) is 0.764. The Balaban J connectivity index is 2.08. The van der Waals surface area contributed by atoms with E-state index < -0.39 is 11.9 Å². The number of benzene rings is 1. The van der Waals surface area contributed by atoms with Gasteiger partial charge in [0.15, 0.2) is 0 Å². The smallest absolute Gasteiger partial charge is 0.335 e. The molecule has 2 rings (SSSR count). The molecule has 0 aliphatic carbocycles. The number of anilines is 1. The molecule has 2 aromatic rings. The average molecular weight is 271 g/mol. The van der Waals surface area contributed by atoms with Crippen LogP contribution in [0.1, 0.15) is 26.4 Å². The van der Waals surface area contributed by atoms with Crippen LogP contribution in [0.15, 0.2) is 42.5 Å². The molecule has 20 heavy (non-hydrogen) atoms. The van der Waals surface area contributed by atoms with Gasteiger partial charge in [-0.25, -0.2) is 9.78 Å². The summed E-state index contributed by atoms with van der Waals surface area (Å²) in [4.78, 5) is 25.9. The van der Waals surface area contributed by atoms with Gasteiger partial charge >= 0.3 is 5.97 Å². The van der Waals surface area contributed by atoms with Gasteiger partial charge in [-0.1, -0.05) is 18.2 Å². The van der Waals surface area contributed by atoms with Crippen LogP contribution in [-0.2, 0) is 6.54 Å². The molecule has 6 nitrogen and oxygen atoms in total. The summed E-state index contributed by atoms with van der Waals surface area (Å²) in [5.41, 5.74) is 6.35. The van der Waals surface area contributed by atoms with Gasteiger partial charge in [0.2, 0.25) is 0 Å². The Morgan fingerprint density at radius 3 is 2.65 bits per heavy atom. The third kappa shape index (κ3) is 3.32. The first kappa shape index (κ1) is 13.5. The van der Waals surface area contributed by atoms with Crippen LogP contribution in [0.2, 0.25) is 0 Å². The average Bonchev–Trinajstić information content (AvgIpc) is 2.45. The van der Waals surface area contributed by atoms with Crippen molar-refractivity contribution in [3.05, 3.63) is 59.3 Å². The summed E-state index contributed by atoms with van der Waals surface area (Å²) in [5, 5.41) is 11.9. The maximum absolute atomic E-state index is 11.0. The minimum Gasteiger partial charge on any atom is -0.478 e. The van der Waals surface area contributed by atoms with E-state index in [0.717, 1.165) is 5.56 Å². The second-order valence-electron chi connectivity index (χ2n) is 4.13. The summed E-state index contributed by atoms with van der Waals surface area (Å²) in [5.74, 6) is -1.07. The number of pyridine rings is 1. The predicted octanol–water partition coefficient (Wildman–Crippen LogP) is 1.49. The maximum atomic E-state index is 11.0. The number of aromatic carboxylic acids is 1. The van der Waals surface area contributed by atoms with Crippen molar-refractivity contribution >= 4 is 17.7 Å². The number of nitrogens with one attached hydrogen (secondary N) is 1. The molecule has 0 saturated carbocycles. The van der Waals surface area contributed by atoms with E-state index in [1.165, 1.54) is 12.1 Å². The molecule has 0 aliphatic rings. The van der Waals surface area contributed by atoms with Crippen molar-refractivity contribution in [2.75, 3.05) is 5.32 Å². The van der Waals surface area contributed by atoms with E-state index in [9.17, 15) is 9.59 Å². The lowest BCUT2D eigenvalue weighted by molar-refractivity contribution is 0.0696. The van der Waals surface area contributed by atoms with Crippen LogP contribution in [0.4, 0.5) is 5.82 Å². The second kappa shape index (κ2) is 5.83. The first-order valence-electron chi connectivity index (χ1n) is 5.89. The molecule has 4 N–H and O–H groups in total. The molecule has 0 saturated heterocycles. The fourth-order valence-corrected chi connectivity index (χ4v) is 1.68. The largest absolute Gasteiger partial charge is 0.478 e. The molecule has 0 unspecified atom stereocenters. The van der Waals surface area contributed by atoms with Crippen LogP contribution in [0.5, 0.6) is 0 Å². The van der Waals surface area contributed by atoms with Crippen molar-refractivity contribution in [1.82, 2.24) is 4.98 Å². The number of nitrogens with two attached hydrogens (primary N) is 1. The van der Waals surface area contributed by atoms with Gasteiger partial charge in [-0.05, 0) is 29.8 Å². The number of amides is 1. The number of nitrogens with zero attached hydrogens (tertiary/aromatic N) is 1. The highest BCUT2D eigenvalue weighted by molar-refractivity contribution is 5.91. The van der Waals surface area contributed by atoms with E-state index in [2.05, 4.69) is 10.3 Å². The molecule has 0 spiro atoms. The third-order valence-electron chi connectivity index (χ3n) is 2.65. The molecular weight excluding hydrogens is 258 g/mol. The van der Waals surface area contributed by atoms with Crippen LogP contribution < -0.4 is 11.1 Å². The summed E-state index contributed by atoms with van der Waals surface area (Å²) in [7, 11) is 0. The van der Waals surface area contributed by atoms with Gasteiger partial charge in [0.05, 0.1) is 5.56 Å². The Morgan fingerprint density at radius 2 is 1.95 bits per heavy atom. The van der Waals surface area contributed by atoms with Gasteiger partial charge in [-0.15, -0.1) is 0 Å². The standard InChI is InChI=1S/C14H13N3O3/c15-13(18)11-5-2-6-12(17-11)16-8-9-3-1-4-10(7-9)14(19)20/h1-7H,8H2,(H2,15,18)(H,16,17)(H,19,20). The zero-order chi connectivity index (χ0) is 14.5. The number of rotatable bonds is 5. The molecule has 0 fully saturated rings. The number of carbonyl (C=O) groups excluding carboxylic acids is 1. The minimum atomic E-state index is -0.972. The maximum Gasteiger partial charge on any atom is 0.335 e. The Morgan fingerprint density at radius 1 is 1.20 bits per heavy atom. The molecule has 6 heteroatoms. The lowest BCUT2D eigenvalue weighted by Gasteiger charge is -2.07. The van der Waals surface area contributed by atoms with E-state index in [1.807, 2.05) is 0 Å². The van der Waals surface area contributed by atoms with Crippen LogP contribution in [0, 0.1) is 0 Å². The lowest BCUT2D eigenvalue weighted by Crippen LogP contribution is -2.14. The normalized spacial score (nSPS) is 10.0. The van der Waals surface area contributed by atoms with Gasteiger partial charge in [-0.3, -0.25) is 4.79 Å². The molecule has 0 aliphatic heterocycles. The highest BCUT2D eigenvalue weighted by Crippen LogP contribution is 2.09. The van der Waals surface area contributed by atoms with Crippen LogP contribution in [0.25, 0.3) is 0 Å². The second-order valence-corrected chi connectivity index (χ2v) is 4.13. The van der Waals surface area contributed by atoms with Crippen molar-refractivity contribution in [2.24, 2.45) is 5.73 Å². The minimum absolute atomic E-state index is 0.175. The highest BCUT2D eigenvalue weighted by atomic mass is 16.4. The number of hydrogen-bond acceptors (Lipinski definition) is 4. The van der Waals surface area contributed by atoms with Crippen LogP contribution in [-0.4, -0.2) is 22.0 Å². The summed E-state index contributed by atoms with van der Waals surface area (Å²) < 4.78 is 0. The zero-order valence-electron chi connectivity index (χ0n) is 10.5. The molecular formula is C14H13N3O3. The van der Waals surface area contributed by atoms with Crippen molar-refractivity contribution in [1.29, 1.82) is 0 Å². The molecule has 102 valence electrons. The molecule has 0 atom stereocenters. The van der Waals surface area contributed by atoms with Gasteiger partial charge in [0.1, 0.15) is 11.5 Å². The van der Waals surface area contributed by atoms with Crippen molar-refractivity contribution in [3.63, 3.8) is 0 Å². The first-order chi connectivity index (χ1) is 9.56. The number of carbonyl (C=O) groups is 2. The Bertz CT molecular complexity index is 598. The summed E-state index contributed by atoms with van der Waals surface area (Å²) >= 11 is 0. The molecule has 1 aromatic carbocycles.